The number of phenols is 1. The Bertz CT molecular complexity index is 451. The van der Waals surface area contributed by atoms with Gasteiger partial charge in [0.2, 0.25) is 0 Å². The average Bonchev–Trinajstić information content (AvgIpc) is 2.37. The summed E-state index contributed by atoms with van der Waals surface area (Å²) in [5.41, 5.74) is 4.15. The number of carbonyl (C=O) groups is 1. The molecule has 0 radical (unpaired) electrons. The van der Waals surface area contributed by atoms with Crippen molar-refractivity contribution in [2.75, 3.05) is 0 Å². The Balaban J connectivity index is 1.95. The molecule has 1 unspecified atom stereocenters. The highest BCUT2D eigenvalue weighted by molar-refractivity contribution is 5.95. The maximum absolute atomic E-state index is 11.8. The Morgan fingerprint density at radius 1 is 1.39 bits per heavy atom. The van der Waals surface area contributed by atoms with Crippen molar-refractivity contribution in [3.8, 4) is 5.75 Å². The van der Waals surface area contributed by atoms with Gasteiger partial charge in [-0.25, -0.2) is 5.43 Å². The van der Waals surface area contributed by atoms with Gasteiger partial charge >= 0.3 is 0 Å². The van der Waals surface area contributed by atoms with Crippen molar-refractivity contribution >= 4 is 11.6 Å². The SMILES string of the molecule is CC1CCC/C(=N/NC(=O)c2ccc(O)cc2)C1. The van der Waals surface area contributed by atoms with Crippen LogP contribution in [0.1, 0.15) is 43.0 Å². The summed E-state index contributed by atoms with van der Waals surface area (Å²) < 4.78 is 0. The van der Waals surface area contributed by atoms with Gasteiger partial charge in [-0.3, -0.25) is 4.79 Å². The molecule has 4 nitrogen and oxygen atoms in total. The summed E-state index contributed by atoms with van der Waals surface area (Å²) in [6.07, 6.45) is 4.33. The third-order valence-electron chi connectivity index (χ3n) is 3.19. The number of hydrogen-bond acceptors (Lipinski definition) is 3. The summed E-state index contributed by atoms with van der Waals surface area (Å²) in [5.74, 6) is 0.572. The van der Waals surface area contributed by atoms with Crippen LogP contribution < -0.4 is 5.43 Å². The van der Waals surface area contributed by atoms with Crippen molar-refractivity contribution in [2.45, 2.75) is 32.6 Å². The molecule has 1 atom stereocenters. The number of amides is 1. The first kappa shape index (κ1) is 12.6. The van der Waals surface area contributed by atoms with E-state index >= 15 is 0 Å². The topological polar surface area (TPSA) is 61.7 Å². The van der Waals surface area contributed by atoms with E-state index < -0.39 is 0 Å². The average molecular weight is 246 g/mol. The fourth-order valence-corrected chi connectivity index (χ4v) is 2.17. The third-order valence-corrected chi connectivity index (χ3v) is 3.19. The zero-order valence-corrected chi connectivity index (χ0v) is 10.5. The van der Waals surface area contributed by atoms with Gasteiger partial charge in [-0.2, -0.15) is 5.10 Å². The van der Waals surface area contributed by atoms with Gasteiger partial charge in [-0.1, -0.05) is 6.92 Å². The molecule has 1 fully saturated rings. The summed E-state index contributed by atoms with van der Waals surface area (Å²) in [6, 6.07) is 6.14. The Kier molecular flexibility index (Phi) is 3.97. The zero-order chi connectivity index (χ0) is 13.0. The highest BCUT2D eigenvalue weighted by Gasteiger charge is 2.14. The van der Waals surface area contributed by atoms with E-state index in [1.54, 1.807) is 12.1 Å². The van der Waals surface area contributed by atoms with Crippen LogP contribution in [0.5, 0.6) is 5.75 Å². The zero-order valence-electron chi connectivity index (χ0n) is 10.5. The first-order valence-corrected chi connectivity index (χ1v) is 6.30. The maximum Gasteiger partial charge on any atom is 0.271 e. The fraction of sp³-hybridized carbons (Fsp3) is 0.429. The van der Waals surface area contributed by atoms with E-state index in [-0.39, 0.29) is 11.7 Å². The first-order chi connectivity index (χ1) is 8.65. The predicted molar refractivity (Wildman–Crippen MR) is 70.6 cm³/mol. The number of nitrogens with one attached hydrogen (secondary N) is 1. The molecule has 2 N–H and O–H groups in total. The van der Waals surface area contributed by atoms with E-state index in [2.05, 4.69) is 17.5 Å². The van der Waals surface area contributed by atoms with Crippen LogP contribution >= 0.6 is 0 Å². The number of rotatable bonds is 2. The van der Waals surface area contributed by atoms with Crippen molar-refractivity contribution in [3.63, 3.8) is 0 Å². The molecule has 0 aliphatic heterocycles. The summed E-state index contributed by atoms with van der Waals surface area (Å²) in [7, 11) is 0. The standard InChI is InChI=1S/C14H18N2O2/c1-10-3-2-4-12(9-10)15-16-14(18)11-5-7-13(17)8-6-11/h5-8,10,17H,2-4,9H2,1H3,(H,16,18)/b15-12-. The molecule has 0 saturated heterocycles. The van der Waals surface area contributed by atoms with Gasteiger partial charge in [-0.15, -0.1) is 0 Å². The molecule has 0 spiro atoms. The number of aromatic hydroxyl groups is 1. The highest BCUT2D eigenvalue weighted by Crippen LogP contribution is 2.21. The molecule has 0 bridgehead atoms. The second-order valence-electron chi connectivity index (χ2n) is 4.87. The number of benzene rings is 1. The second kappa shape index (κ2) is 5.67. The molecule has 1 amide bonds. The minimum absolute atomic E-state index is 0.152. The Morgan fingerprint density at radius 2 is 2.11 bits per heavy atom. The minimum Gasteiger partial charge on any atom is -0.508 e. The Labute approximate surface area is 107 Å². The summed E-state index contributed by atoms with van der Waals surface area (Å²) >= 11 is 0. The molecule has 4 heteroatoms. The molecule has 2 rings (SSSR count). The van der Waals surface area contributed by atoms with Crippen molar-refractivity contribution in [3.05, 3.63) is 29.8 Å². The van der Waals surface area contributed by atoms with Crippen LogP contribution in [0.4, 0.5) is 0 Å². The first-order valence-electron chi connectivity index (χ1n) is 6.30. The molecule has 1 saturated carbocycles. The van der Waals surface area contributed by atoms with E-state index in [1.165, 1.54) is 18.6 Å². The molecule has 96 valence electrons. The minimum atomic E-state index is -0.235. The van der Waals surface area contributed by atoms with Crippen molar-refractivity contribution < 1.29 is 9.90 Å². The molecule has 1 aliphatic carbocycles. The predicted octanol–water partition coefficient (Wildman–Crippen LogP) is 2.69. The normalized spacial score (nSPS) is 21.8. The van der Waals surface area contributed by atoms with Crippen LogP contribution in [-0.4, -0.2) is 16.7 Å². The molecule has 0 aromatic heterocycles. The van der Waals surface area contributed by atoms with E-state index in [9.17, 15) is 4.79 Å². The van der Waals surface area contributed by atoms with Gasteiger partial charge in [0.15, 0.2) is 0 Å². The smallest absolute Gasteiger partial charge is 0.271 e. The van der Waals surface area contributed by atoms with Crippen LogP contribution in [0.2, 0.25) is 0 Å². The number of carbonyl (C=O) groups excluding carboxylic acids is 1. The lowest BCUT2D eigenvalue weighted by molar-refractivity contribution is 0.0954. The molecule has 1 aromatic rings. The molecule has 0 heterocycles. The van der Waals surface area contributed by atoms with Crippen LogP contribution in [0.25, 0.3) is 0 Å². The fourth-order valence-electron chi connectivity index (χ4n) is 2.17. The van der Waals surface area contributed by atoms with Gasteiger partial charge in [0.05, 0.1) is 0 Å². The van der Waals surface area contributed by atoms with Crippen LogP contribution in [0.3, 0.4) is 0 Å². The number of hydrogen-bond donors (Lipinski definition) is 2. The summed E-state index contributed by atoms with van der Waals surface area (Å²) in [4.78, 5) is 11.8. The summed E-state index contributed by atoms with van der Waals surface area (Å²) in [6.45, 7) is 2.20. The van der Waals surface area contributed by atoms with Crippen molar-refractivity contribution in [1.29, 1.82) is 0 Å². The number of phenolic OH excluding ortho intramolecular Hbond substituents is 1. The lowest BCUT2D eigenvalue weighted by atomic mass is 9.89. The van der Waals surface area contributed by atoms with Gasteiger partial charge in [0.25, 0.3) is 5.91 Å². The second-order valence-corrected chi connectivity index (χ2v) is 4.87. The lowest BCUT2D eigenvalue weighted by Crippen LogP contribution is -2.22. The molecular weight excluding hydrogens is 228 g/mol. The van der Waals surface area contributed by atoms with E-state index in [4.69, 9.17) is 5.11 Å². The van der Waals surface area contributed by atoms with E-state index in [1.807, 2.05) is 0 Å². The maximum atomic E-state index is 11.8. The number of hydrazone groups is 1. The van der Waals surface area contributed by atoms with Gasteiger partial charge in [0.1, 0.15) is 5.75 Å². The van der Waals surface area contributed by atoms with Gasteiger partial charge in [0, 0.05) is 11.3 Å². The quantitative estimate of drug-likeness (QED) is 0.788. The third kappa shape index (κ3) is 3.32. The monoisotopic (exact) mass is 246 g/mol. The van der Waals surface area contributed by atoms with Crippen molar-refractivity contribution in [1.82, 2.24) is 5.43 Å². The van der Waals surface area contributed by atoms with Gasteiger partial charge < -0.3 is 5.11 Å². The molecule has 18 heavy (non-hydrogen) atoms. The van der Waals surface area contributed by atoms with Crippen LogP contribution in [-0.2, 0) is 0 Å². The lowest BCUT2D eigenvalue weighted by Gasteiger charge is -2.18. The Morgan fingerprint density at radius 3 is 2.78 bits per heavy atom. The highest BCUT2D eigenvalue weighted by atomic mass is 16.3. The molecule has 1 aliphatic rings. The van der Waals surface area contributed by atoms with Crippen molar-refractivity contribution in [2.24, 2.45) is 11.0 Å². The Hall–Kier alpha value is -1.84. The van der Waals surface area contributed by atoms with Crippen LogP contribution in [0.15, 0.2) is 29.4 Å². The molecule has 1 aromatic carbocycles. The van der Waals surface area contributed by atoms with Gasteiger partial charge in [-0.05, 0) is 55.9 Å². The van der Waals surface area contributed by atoms with E-state index in [0.717, 1.165) is 25.0 Å². The van der Waals surface area contributed by atoms with E-state index in [0.29, 0.717) is 11.5 Å². The molecular formula is C14H18N2O2. The summed E-state index contributed by atoms with van der Waals surface area (Å²) in [5, 5.41) is 13.3. The largest absolute Gasteiger partial charge is 0.508 e. The van der Waals surface area contributed by atoms with Crippen LogP contribution in [0, 0.1) is 5.92 Å². The number of nitrogens with zero attached hydrogens (tertiary/aromatic N) is 1.